The first kappa shape index (κ1) is 21.6. The van der Waals surface area contributed by atoms with Crippen molar-refractivity contribution in [2.75, 3.05) is 32.1 Å². The standard InChI is InChI=1S/C26H37N3O3/c1-32-23-4-2-3-22(14-23)28-21-6-9-29(10-7-21)24(30)5-8-27-25(31)26-15-18-11-19(16-26)13-20(12-18)17-26/h2-4,14,18-21,28H,5-13,15-17H2,1H3,(H,27,31). The monoisotopic (exact) mass is 439 g/mol. The lowest BCUT2D eigenvalue weighted by Crippen LogP contribution is -2.54. The Kier molecular flexibility index (Phi) is 6.04. The van der Waals surface area contributed by atoms with Gasteiger partial charge in [0.25, 0.3) is 0 Å². The van der Waals surface area contributed by atoms with Gasteiger partial charge in [-0.1, -0.05) is 6.07 Å². The SMILES string of the molecule is COc1cccc(NC2CCN(C(=O)CCNC(=O)C34CC5CC(CC(C5)C3)C4)CC2)c1. The van der Waals surface area contributed by atoms with E-state index < -0.39 is 0 Å². The highest BCUT2D eigenvalue weighted by atomic mass is 16.5. The van der Waals surface area contributed by atoms with Crippen molar-refractivity contribution in [3.63, 3.8) is 0 Å². The largest absolute Gasteiger partial charge is 0.497 e. The number of benzene rings is 1. The van der Waals surface area contributed by atoms with Gasteiger partial charge in [0.1, 0.15) is 5.75 Å². The number of methoxy groups -OCH3 is 1. The van der Waals surface area contributed by atoms with Gasteiger partial charge in [-0.15, -0.1) is 0 Å². The minimum Gasteiger partial charge on any atom is -0.497 e. The smallest absolute Gasteiger partial charge is 0.226 e. The average Bonchev–Trinajstić information content (AvgIpc) is 2.78. The molecule has 0 radical (unpaired) electrons. The van der Waals surface area contributed by atoms with Crippen molar-refractivity contribution in [3.8, 4) is 5.75 Å². The summed E-state index contributed by atoms with van der Waals surface area (Å²) < 4.78 is 5.29. The number of likely N-dealkylation sites (tertiary alicyclic amines) is 1. The summed E-state index contributed by atoms with van der Waals surface area (Å²) in [7, 11) is 1.68. The first-order valence-electron chi connectivity index (χ1n) is 12.5. The van der Waals surface area contributed by atoms with E-state index in [1.165, 1.54) is 19.3 Å². The molecule has 6 nitrogen and oxygen atoms in total. The normalized spacial score (nSPS) is 31.4. The van der Waals surface area contributed by atoms with Gasteiger partial charge in [-0.3, -0.25) is 9.59 Å². The summed E-state index contributed by atoms with van der Waals surface area (Å²) in [6.45, 7) is 2.01. The molecule has 0 spiro atoms. The molecule has 1 aromatic rings. The van der Waals surface area contributed by atoms with Gasteiger partial charge < -0.3 is 20.3 Å². The van der Waals surface area contributed by atoms with Crippen molar-refractivity contribution in [2.24, 2.45) is 23.2 Å². The van der Waals surface area contributed by atoms with E-state index in [2.05, 4.69) is 10.6 Å². The Morgan fingerprint density at radius 1 is 1.06 bits per heavy atom. The second-order valence-electron chi connectivity index (χ2n) is 10.7. The quantitative estimate of drug-likeness (QED) is 0.678. The van der Waals surface area contributed by atoms with E-state index in [0.29, 0.717) is 19.0 Å². The lowest BCUT2D eigenvalue weighted by Gasteiger charge is -2.55. The maximum Gasteiger partial charge on any atom is 0.226 e. The summed E-state index contributed by atoms with van der Waals surface area (Å²) in [4.78, 5) is 27.7. The summed E-state index contributed by atoms with van der Waals surface area (Å²) in [6, 6.07) is 8.34. The van der Waals surface area contributed by atoms with E-state index in [4.69, 9.17) is 4.74 Å². The fraction of sp³-hybridized carbons (Fsp3) is 0.692. The van der Waals surface area contributed by atoms with Gasteiger partial charge in [0, 0.05) is 49.3 Å². The van der Waals surface area contributed by atoms with Crippen LogP contribution in [0.4, 0.5) is 5.69 Å². The predicted octanol–water partition coefficient (Wildman–Crippen LogP) is 3.82. The fourth-order valence-corrected chi connectivity index (χ4v) is 7.24. The Morgan fingerprint density at radius 3 is 2.34 bits per heavy atom. The average molecular weight is 440 g/mol. The molecule has 1 saturated heterocycles. The van der Waals surface area contributed by atoms with Crippen LogP contribution in [0.25, 0.3) is 0 Å². The lowest BCUT2D eigenvalue weighted by atomic mass is 9.49. The third kappa shape index (κ3) is 4.46. The molecular formula is C26H37N3O3. The van der Waals surface area contributed by atoms with Crippen LogP contribution in [0.3, 0.4) is 0 Å². The Balaban J connectivity index is 1.04. The van der Waals surface area contributed by atoms with Crippen molar-refractivity contribution in [3.05, 3.63) is 24.3 Å². The highest BCUT2D eigenvalue weighted by Crippen LogP contribution is 2.60. The highest BCUT2D eigenvalue weighted by molar-refractivity contribution is 5.84. The number of carbonyl (C=O) groups excluding carboxylic acids is 2. The summed E-state index contributed by atoms with van der Waals surface area (Å²) in [5.74, 6) is 3.53. The van der Waals surface area contributed by atoms with Gasteiger partial charge in [0.05, 0.1) is 7.11 Å². The molecule has 5 fully saturated rings. The molecule has 174 valence electrons. The van der Waals surface area contributed by atoms with Crippen molar-refractivity contribution in [1.82, 2.24) is 10.2 Å². The number of carbonyl (C=O) groups is 2. The third-order valence-electron chi connectivity index (χ3n) is 8.43. The molecule has 1 aromatic carbocycles. The van der Waals surface area contributed by atoms with E-state index in [0.717, 1.165) is 74.4 Å². The Morgan fingerprint density at radius 2 is 1.72 bits per heavy atom. The van der Waals surface area contributed by atoms with Crippen LogP contribution in [0.5, 0.6) is 5.75 Å². The predicted molar refractivity (Wildman–Crippen MR) is 124 cm³/mol. The number of ether oxygens (including phenoxy) is 1. The Bertz CT molecular complexity index is 811. The van der Waals surface area contributed by atoms with Gasteiger partial charge in [-0.2, -0.15) is 0 Å². The highest BCUT2D eigenvalue weighted by Gasteiger charge is 2.54. The zero-order valence-electron chi connectivity index (χ0n) is 19.3. The second-order valence-corrected chi connectivity index (χ2v) is 10.7. The first-order chi connectivity index (χ1) is 15.5. The van der Waals surface area contributed by atoms with E-state index in [9.17, 15) is 9.59 Å². The van der Waals surface area contributed by atoms with Gasteiger partial charge in [-0.05, 0) is 81.3 Å². The van der Waals surface area contributed by atoms with Crippen LogP contribution in [-0.4, -0.2) is 49.5 Å². The third-order valence-corrected chi connectivity index (χ3v) is 8.43. The van der Waals surface area contributed by atoms with Crippen molar-refractivity contribution >= 4 is 17.5 Å². The summed E-state index contributed by atoms with van der Waals surface area (Å²) in [6.07, 6.45) is 9.53. The molecule has 0 aromatic heterocycles. The minimum atomic E-state index is -0.123. The van der Waals surface area contributed by atoms with Gasteiger partial charge in [-0.25, -0.2) is 0 Å². The maximum absolute atomic E-state index is 13.1. The Labute approximate surface area is 191 Å². The molecule has 2 amide bonds. The van der Waals surface area contributed by atoms with Crippen LogP contribution in [0.1, 0.15) is 57.8 Å². The minimum absolute atomic E-state index is 0.123. The molecule has 0 unspecified atom stereocenters. The van der Waals surface area contributed by atoms with Crippen molar-refractivity contribution in [1.29, 1.82) is 0 Å². The molecule has 32 heavy (non-hydrogen) atoms. The summed E-state index contributed by atoms with van der Waals surface area (Å²) in [5.41, 5.74) is 0.934. The zero-order valence-corrected chi connectivity index (χ0v) is 19.3. The molecular weight excluding hydrogens is 402 g/mol. The van der Waals surface area contributed by atoms with E-state index >= 15 is 0 Å². The van der Waals surface area contributed by atoms with Crippen LogP contribution in [0.2, 0.25) is 0 Å². The van der Waals surface area contributed by atoms with E-state index in [1.54, 1.807) is 7.11 Å². The van der Waals surface area contributed by atoms with Crippen molar-refractivity contribution < 1.29 is 14.3 Å². The zero-order chi connectivity index (χ0) is 22.1. The molecule has 1 aliphatic heterocycles. The van der Waals surface area contributed by atoms with Crippen LogP contribution < -0.4 is 15.4 Å². The topological polar surface area (TPSA) is 70.7 Å². The van der Waals surface area contributed by atoms with Crippen LogP contribution in [0.15, 0.2) is 24.3 Å². The van der Waals surface area contributed by atoms with E-state index in [1.807, 2.05) is 29.2 Å². The van der Waals surface area contributed by atoms with Crippen LogP contribution >= 0.6 is 0 Å². The van der Waals surface area contributed by atoms with Gasteiger partial charge in [0.2, 0.25) is 11.8 Å². The van der Waals surface area contributed by atoms with Gasteiger partial charge in [0.15, 0.2) is 0 Å². The number of nitrogens with one attached hydrogen (secondary N) is 2. The first-order valence-corrected chi connectivity index (χ1v) is 12.5. The number of rotatable bonds is 7. The van der Waals surface area contributed by atoms with E-state index in [-0.39, 0.29) is 17.2 Å². The number of piperidine rings is 1. The molecule has 2 N–H and O–H groups in total. The molecule has 4 saturated carbocycles. The Hall–Kier alpha value is -2.24. The summed E-state index contributed by atoms with van der Waals surface area (Å²) >= 11 is 0. The number of nitrogens with zero attached hydrogens (tertiary/aromatic N) is 1. The maximum atomic E-state index is 13.1. The molecule has 0 atom stereocenters. The molecule has 4 aliphatic carbocycles. The summed E-state index contributed by atoms with van der Waals surface area (Å²) in [5, 5.41) is 6.71. The molecule has 4 bridgehead atoms. The molecule has 6 heteroatoms. The van der Waals surface area contributed by atoms with Crippen LogP contribution in [0, 0.1) is 23.2 Å². The lowest BCUT2D eigenvalue weighted by molar-refractivity contribution is -0.146. The van der Waals surface area contributed by atoms with Crippen LogP contribution in [-0.2, 0) is 9.59 Å². The van der Waals surface area contributed by atoms with Gasteiger partial charge >= 0.3 is 0 Å². The molecule has 5 aliphatic rings. The molecule has 1 heterocycles. The fourth-order valence-electron chi connectivity index (χ4n) is 7.24. The molecule has 6 rings (SSSR count). The number of anilines is 1. The number of hydrogen-bond donors (Lipinski definition) is 2. The van der Waals surface area contributed by atoms with Crippen molar-refractivity contribution in [2.45, 2.75) is 63.8 Å². The number of amides is 2. The number of hydrogen-bond acceptors (Lipinski definition) is 4. The second kappa shape index (κ2) is 8.95.